The highest BCUT2D eigenvalue weighted by molar-refractivity contribution is 4.91. The van der Waals surface area contributed by atoms with Gasteiger partial charge in [-0.15, -0.1) is 0 Å². The number of hydrogen-bond acceptors (Lipinski definition) is 12. The zero-order valence-corrected chi connectivity index (χ0v) is 12.9. The van der Waals surface area contributed by atoms with Crippen LogP contribution in [-0.2, 0) is 9.47 Å². The zero-order chi connectivity index (χ0) is 18.6. The Labute approximate surface area is 138 Å². The van der Waals surface area contributed by atoms with Crippen molar-refractivity contribution in [2.45, 2.75) is 61.3 Å². The highest BCUT2D eigenvalue weighted by Gasteiger charge is 2.42. The number of hydrogen-bond donors (Lipinski definition) is 10. The maximum atomic E-state index is 9.28. The smallest absolute Gasteiger partial charge is 0.184 e. The molecule has 13 N–H and O–H groups in total. The fraction of sp³-hybridized carbons (Fsp3) is 1.00. The monoisotopic (exact) mass is 357 g/mol. The summed E-state index contributed by atoms with van der Waals surface area (Å²) in [5.41, 5.74) is 15.7. The maximum Gasteiger partial charge on any atom is 0.184 e. The molecule has 2 saturated heterocycles. The van der Waals surface area contributed by atoms with E-state index in [2.05, 4.69) is 0 Å². The summed E-state index contributed by atoms with van der Waals surface area (Å²) in [5.74, 6) is 0. The first-order valence-electron chi connectivity index (χ1n) is 7.38. The normalized spacial score (nSPS) is 49.2. The van der Waals surface area contributed by atoms with E-state index in [9.17, 15) is 15.3 Å². The molecule has 0 bridgehead atoms. The van der Waals surface area contributed by atoms with E-state index in [1.807, 2.05) is 0 Å². The molecule has 2 rings (SSSR count). The van der Waals surface area contributed by atoms with Crippen LogP contribution in [-0.4, -0.2) is 110 Å². The lowest BCUT2D eigenvalue weighted by Crippen LogP contribution is -2.62. The summed E-state index contributed by atoms with van der Waals surface area (Å²) in [6.07, 6.45) is -10.8. The molecule has 0 aliphatic carbocycles. The van der Waals surface area contributed by atoms with Crippen LogP contribution in [0.15, 0.2) is 0 Å². The third-order valence-corrected chi connectivity index (χ3v) is 3.92. The topological polar surface area (TPSA) is 238 Å². The van der Waals surface area contributed by atoms with Gasteiger partial charge in [0.05, 0.1) is 6.04 Å². The molecule has 0 spiro atoms. The van der Waals surface area contributed by atoms with Gasteiger partial charge in [0.1, 0.15) is 42.7 Å². The van der Waals surface area contributed by atoms with Crippen molar-refractivity contribution in [2.75, 3.05) is 13.1 Å². The van der Waals surface area contributed by atoms with Gasteiger partial charge in [-0.3, -0.25) is 0 Å². The molecule has 10 atom stereocenters. The van der Waals surface area contributed by atoms with Crippen molar-refractivity contribution in [1.29, 1.82) is 0 Å². The molecule has 0 aromatic carbocycles. The van der Waals surface area contributed by atoms with Gasteiger partial charge in [-0.05, 0) is 0 Å². The predicted octanol–water partition coefficient (Wildman–Crippen LogP) is -6.54. The van der Waals surface area contributed by atoms with Gasteiger partial charge in [-0.1, -0.05) is 0 Å². The Kier molecular flexibility index (Phi) is 8.34. The van der Waals surface area contributed by atoms with Crippen molar-refractivity contribution in [3.05, 3.63) is 0 Å². The second-order valence-electron chi connectivity index (χ2n) is 5.63. The Balaban J connectivity index is 0.000000240. The van der Waals surface area contributed by atoms with E-state index < -0.39 is 61.3 Å². The number of aliphatic hydroxyl groups is 7. The highest BCUT2D eigenvalue weighted by atomic mass is 16.6. The maximum absolute atomic E-state index is 9.28. The number of rotatable bonds is 2. The van der Waals surface area contributed by atoms with Crippen molar-refractivity contribution < 1.29 is 45.2 Å². The molecule has 2 fully saturated rings. The molecule has 10 unspecified atom stereocenters. The van der Waals surface area contributed by atoms with Crippen LogP contribution in [0.1, 0.15) is 0 Å². The van der Waals surface area contributed by atoms with Gasteiger partial charge in [0, 0.05) is 13.1 Å². The Hall–Kier alpha value is -0.480. The average molecular weight is 357 g/mol. The highest BCUT2D eigenvalue weighted by Crippen LogP contribution is 2.19. The van der Waals surface area contributed by atoms with Crippen LogP contribution in [0, 0.1) is 0 Å². The summed E-state index contributed by atoms with van der Waals surface area (Å²) < 4.78 is 9.53. The second-order valence-corrected chi connectivity index (χ2v) is 5.63. The van der Waals surface area contributed by atoms with Crippen LogP contribution >= 0.6 is 0 Å². The molecule has 12 nitrogen and oxygen atoms in total. The summed E-state index contributed by atoms with van der Waals surface area (Å²) in [5, 5.41) is 63.9. The van der Waals surface area contributed by atoms with Crippen LogP contribution in [0.25, 0.3) is 0 Å². The molecule has 12 heteroatoms. The van der Waals surface area contributed by atoms with E-state index in [4.69, 9.17) is 47.1 Å². The lowest BCUT2D eigenvalue weighted by Gasteiger charge is -2.38. The van der Waals surface area contributed by atoms with Crippen LogP contribution < -0.4 is 17.2 Å². The fourth-order valence-corrected chi connectivity index (χ4v) is 2.29. The first kappa shape index (κ1) is 21.6. The van der Waals surface area contributed by atoms with Crippen molar-refractivity contribution >= 4 is 0 Å². The Bertz CT molecular complexity index is 336. The molecular weight excluding hydrogens is 330 g/mol. The van der Waals surface area contributed by atoms with Crippen LogP contribution in [0.2, 0.25) is 0 Å². The molecule has 0 aromatic heterocycles. The lowest BCUT2D eigenvalue weighted by atomic mass is 9.98. The molecule has 0 amide bonds. The molecule has 144 valence electrons. The number of nitrogens with two attached hydrogens (primary N) is 3. The molecule has 0 aromatic rings. The van der Waals surface area contributed by atoms with Gasteiger partial charge in [-0.2, -0.15) is 0 Å². The molecule has 0 saturated carbocycles. The second kappa shape index (κ2) is 9.28. The van der Waals surface area contributed by atoms with Crippen molar-refractivity contribution in [1.82, 2.24) is 0 Å². The minimum atomic E-state index is -1.49. The van der Waals surface area contributed by atoms with Gasteiger partial charge in [0.25, 0.3) is 0 Å². The van der Waals surface area contributed by atoms with E-state index >= 15 is 0 Å². The minimum Gasteiger partial charge on any atom is -0.388 e. The summed E-state index contributed by atoms with van der Waals surface area (Å²) in [6.45, 7) is 0.00398. The van der Waals surface area contributed by atoms with Gasteiger partial charge >= 0.3 is 0 Å². The average Bonchev–Trinajstić information content (AvgIpc) is 2.58. The van der Waals surface area contributed by atoms with Gasteiger partial charge < -0.3 is 62.4 Å². The Morgan fingerprint density at radius 1 is 0.583 bits per heavy atom. The van der Waals surface area contributed by atoms with Crippen molar-refractivity contribution in [2.24, 2.45) is 17.2 Å². The number of ether oxygens (including phenoxy) is 2. The van der Waals surface area contributed by atoms with Crippen molar-refractivity contribution in [3.8, 4) is 0 Å². The molecule has 2 heterocycles. The first-order chi connectivity index (χ1) is 11.1. The largest absolute Gasteiger partial charge is 0.388 e. The third-order valence-electron chi connectivity index (χ3n) is 3.92. The van der Waals surface area contributed by atoms with Gasteiger partial charge in [0.2, 0.25) is 0 Å². The molecule has 2 aliphatic rings. The molecular formula is C12H27N3O9. The zero-order valence-electron chi connectivity index (χ0n) is 12.9. The van der Waals surface area contributed by atoms with Gasteiger partial charge in [0.15, 0.2) is 12.6 Å². The van der Waals surface area contributed by atoms with Crippen molar-refractivity contribution in [3.63, 3.8) is 0 Å². The van der Waals surface area contributed by atoms with E-state index in [0.717, 1.165) is 0 Å². The van der Waals surface area contributed by atoms with Crippen LogP contribution in [0.5, 0.6) is 0 Å². The van der Waals surface area contributed by atoms with Crippen LogP contribution in [0.3, 0.4) is 0 Å². The Morgan fingerprint density at radius 2 is 1.00 bits per heavy atom. The van der Waals surface area contributed by atoms with E-state index in [-0.39, 0.29) is 13.1 Å². The fourth-order valence-electron chi connectivity index (χ4n) is 2.29. The summed E-state index contributed by atoms with van der Waals surface area (Å²) in [4.78, 5) is 0. The standard InChI is InChI=1S/C6H14N2O4.C6H13NO5/c7-1-2-4(9)5(10)3(8)6(11)12-2;7-1-2-3(8)4(9)5(10)6(11)12-2/h2-6,9-11H,1,7-8H2;2-6,8-11H,1,7H2. The SMILES string of the molecule is NCC1OC(O)C(N)C(O)C1O.NCC1OC(O)C(O)C(O)C1O. The molecule has 2 aliphatic heterocycles. The van der Waals surface area contributed by atoms with E-state index in [1.54, 1.807) is 0 Å². The van der Waals surface area contributed by atoms with Crippen LogP contribution in [0.4, 0.5) is 0 Å². The number of aliphatic hydroxyl groups excluding tert-OH is 7. The Morgan fingerprint density at radius 3 is 1.46 bits per heavy atom. The summed E-state index contributed by atoms with van der Waals surface area (Å²) in [7, 11) is 0. The summed E-state index contributed by atoms with van der Waals surface area (Å²) >= 11 is 0. The predicted molar refractivity (Wildman–Crippen MR) is 77.9 cm³/mol. The van der Waals surface area contributed by atoms with E-state index in [0.29, 0.717) is 0 Å². The van der Waals surface area contributed by atoms with E-state index in [1.165, 1.54) is 0 Å². The molecule has 0 radical (unpaired) electrons. The quantitative estimate of drug-likeness (QED) is 0.222. The lowest BCUT2D eigenvalue weighted by molar-refractivity contribution is -0.279. The summed E-state index contributed by atoms with van der Waals surface area (Å²) in [6, 6.07) is -0.984. The first-order valence-corrected chi connectivity index (χ1v) is 7.38. The third kappa shape index (κ3) is 4.78. The minimum absolute atomic E-state index is 0.0258. The molecule has 24 heavy (non-hydrogen) atoms. The van der Waals surface area contributed by atoms with Gasteiger partial charge in [-0.25, -0.2) is 0 Å².